The van der Waals surface area contributed by atoms with Crippen molar-refractivity contribution in [1.82, 2.24) is 5.32 Å². The van der Waals surface area contributed by atoms with Crippen LogP contribution >= 0.6 is 0 Å². The number of amides is 1. The fourth-order valence-corrected chi connectivity index (χ4v) is 5.35. The van der Waals surface area contributed by atoms with Gasteiger partial charge in [-0.2, -0.15) is 0 Å². The number of hydrogen-bond donors (Lipinski definition) is 1. The van der Waals surface area contributed by atoms with Crippen LogP contribution in [0.2, 0.25) is 0 Å². The lowest BCUT2D eigenvalue weighted by molar-refractivity contribution is -0.129. The number of nitrogens with one attached hydrogen (secondary N) is 1. The molecule has 4 heteroatoms. The molecular weight excluding hydrogens is 350 g/mol. The van der Waals surface area contributed by atoms with Crippen molar-refractivity contribution < 1.29 is 14.4 Å². The summed E-state index contributed by atoms with van der Waals surface area (Å²) in [5.74, 6) is -0.241. The Bertz CT molecular complexity index is 774. The summed E-state index contributed by atoms with van der Waals surface area (Å²) in [6.07, 6.45) is 3.56. The average molecular weight is 384 g/mol. The molecule has 28 heavy (non-hydrogen) atoms. The van der Waals surface area contributed by atoms with E-state index in [1.54, 1.807) is 0 Å². The Morgan fingerprint density at radius 3 is 2.32 bits per heavy atom. The highest BCUT2D eigenvalue weighted by Gasteiger charge is 2.44. The second-order valence-corrected chi connectivity index (χ2v) is 9.29. The van der Waals surface area contributed by atoms with Crippen LogP contribution in [-0.2, 0) is 14.4 Å². The van der Waals surface area contributed by atoms with Crippen LogP contribution in [-0.4, -0.2) is 23.5 Å². The highest BCUT2D eigenvalue weighted by molar-refractivity contribution is 6.15. The van der Waals surface area contributed by atoms with Gasteiger partial charge in [-0.3, -0.25) is 14.4 Å². The van der Waals surface area contributed by atoms with Crippen LogP contribution in [0, 0.1) is 38.5 Å². The summed E-state index contributed by atoms with van der Waals surface area (Å²) in [7, 11) is 0. The number of ketones is 2. The molecule has 4 nitrogen and oxygen atoms in total. The molecule has 1 N–H and O–H groups in total. The summed E-state index contributed by atoms with van der Waals surface area (Å²) >= 11 is 0. The molecule has 152 valence electrons. The van der Waals surface area contributed by atoms with Crippen LogP contribution in [0.4, 0.5) is 0 Å². The van der Waals surface area contributed by atoms with E-state index in [0.717, 1.165) is 41.5 Å². The molecule has 3 rings (SSSR count). The fourth-order valence-electron chi connectivity index (χ4n) is 5.35. The lowest BCUT2D eigenvalue weighted by Gasteiger charge is -2.33. The second kappa shape index (κ2) is 8.18. The van der Waals surface area contributed by atoms with E-state index in [4.69, 9.17) is 0 Å². The van der Waals surface area contributed by atoms with E-state index >= 15 is 0 Å². The van der Waals surface area contributed by atoms with E-state index in [1.807, 2.05) is 32.9 Å². The minimum absolute atomic E-state index is 0.0438. The predicted octanol–water partition coefficient (Wildman–Crippen LogP) is 4.18. The van der Waals surface area contributed by atoms with Crippen LogP contribution in [0.5, 0.6) is 0 Å². The Labute approximate surface area is 168 Å². The van der Waals surface area contributed by atoms with Gasteiger partial charge in [-0.25, -0.2) is 0 Å². The van der Waals surface area contributed by atoms with Crippen molar-refractivity contribution in [3.8, 4) is 0 Å². The van der Waals surface area contributed by atoms with Gasteiger partial charge >= 0.3 is 0 Å². The molecule has 0 bridgehead atoms. The third-order valence-electron chi connectivity index (χ3n) is 6.69. The molecule has 2 aliphatic rings. The van der Waals surface area contributed by atoms with Crippen LogP contribution < -0.4 is 5.32 Å². The topological polar surface area (TPSA) is 63.2 Å². The first-order valence-corrected chi connectivity index (χ1v) is 10.6. The van der Waals surface area contributed by atoms with Crippen molar-refractivity contribution >= 4 is 17.5 Å². The van der Waals surface area contributed by atoms with Crippen LogP contribution in [0.15, 0.2) is 12.1 Å². The average Bonchev–Trinajstić information content (AvgIpc) is 2.84. The SMILES string of the molecule is Cc1cc(C)c(C2C(=O)CC(CC(=O)NC3CCC(C)CC3C)C2=O)c(C)c1. The predicted molar refractivity (Wildman–Crippen MR) is 110 cm³/mol. The first-order valence-electron chi connectivity index (χ1n) is 10.6. The van der Waals surface area contributed by atoms with E-state index in [9.17, 15) is 14.4 Å². The van der Waals surface area contributed by atoms with Crippen LogP contribution in [0.3, 0.4) is 0 Å². The Morgan fingerprint density at radius 2 is 1.71 bits per heavy atom. The Morgan fingerprint density at radius 1 is 1.07 bits per heavy atom. The molecule has 0 spiro atoms. The summed E-state index contributed by atoms with van der Waals surface area (Å²) < 4.78 is 0. The number of hydrogen-bond acceptors (Lipinski definition) is 3. The highest BCUT2D eigenvalue weighted by Crippen LogP contribution is 2.37. The molecule has 5 unspecified atom stereocenters. The maximum atomic E-state index is 13.0. The van der Waals surface area contributed by atoms with E-state index in [0.29, 0.717) is 11.8 Å². The maximum Gasteiger partial charge on any atom is 0.220 e. The van der Waals surface area contributed by atoms with E-state index in [1.165, 1.54) is 0 Å². The molecule has 1 aromatic rings. The minimum Gasteiger partial charge on any atom is -0.353 e. The van der Waals surface area contributed by atoms with Crippen LogP contribution in [0.25, 0.3) is 0 Å². The highest BCUT2D eigenvalue weighted by atomic mass is 16.2. The molecule has 0 radical (unpaired) electrons. The van der Waals surface area contributed by atoms with Gasteiger partial charge in [0.15, 0.2) is 5.78 Å². The van der Waals surface area contributed by atoms with Crippen molar-refractivity contribution in [2.75, 3.05) is 0 Å². The minimum atomic E-state index is -0.701. The fraction of sp³-hybridized carbons (Fsp3) is 0.625. The molecule has 0 aliphatic heterocycles. The molecular formula is C24H33NO3. The second-order valence-electron chi connectivity index (χ2n) is 9.29. The Balaban J connectivity index is 1.68. The third-order valence-corrected chi connectivity index (χ3v) is 6.69. The zero-order chi connectivity index (χ0) is 20.6. The van der Waals surface area contributed by atoms with Gasteiger partial charge in [-0.1, -0.05) is 31.5 Å². The van der Waals surface area contributed by atoms with Gasteiger partial charge in [0.1, 0.15) is 11.7 Å². The quantitative estimate of drug-likeness (QED) is 0.793. The number of carbonyl (C=O) groups is 3. The first kappa shape index (κ1) is 20.8. The number of rotatable bonds is 4. The largest absolute Gasteiger partial charge is 0.353 e. The van der Waals surface area contributed by atoms with Crippen molar-refractivity contribution in [2.24, 2.45) is 17.8 Å². The van der Waals surface area contributed by atoms with Crippen LogP contribution in [0.1, 0.15) is 74.1 Å². The van der Waals surface area contributed by atoms with Crippen molar-refractivity contribution in [2.45, 2.75) is 78.7 Å². The zero-order valence-corrected chi connectivity index (χ0v) is 17.8. The molecule has 2 aliphatic carbocycles. The van der Waals surface area contributed by atoms with Gasteiger partial charge < -0.3 is 5.32 Å². The molecule has 5 atom stereocenters. The molecule has 0 aromatic heterocycles. The van der Waals surface area contributed by atoms with Crippen molar-refractivity contribution in [3.63, 3.8) is 0 Å². The van der Waals surface area contributed by atoms with Crippen molar-refractivity contribution in [1.29, 1.82) is 0 Å². The summed E-state index contributed by atoms with van der Waals surface area (Å²) in [4.78, 5) is 38.3. The van der Waals surface area contributed by atoms with Gasteiger partial charge in [-0.15, -0.1) is 0 Å². The van der Waals surface area contributed by atoms with Gasteiger partial charge in [0.05, 0.1) is 0 Å². The Hall–Kier alpha value is -1.97. The van der Waals surface area contributed by atoms with Gasteiger partial charge in [0.25, 0.3) is 0 Å². The number of Topliss-reactive ketones (excluding diaryl/α,β-unsaturated/α-hetero) is 2. The first-order chi connectivity index (χ1) is 13.2. The maximum absolute atomic E-state index is 13.0. The zero-order valence-electron chi connectivity index (χ0n) is 17.8. The van der Waals surface area contributed by atoms with Gasteiger partial charge in [0.2, 0.25) is 5.91 Å². The van der Waals surface area contributed by atoms with E-state index in [-0.39, 0.29) is 36.4 Å². The summed E-state index contributed by atoms with van der Waals surface area (Å²) in [5.41, 5.74) is 3.95. The lowest BCUT2D eigenvalue weighted by Crippen LogP contribution is -2.43. The standard InChI is InChI=1S/C24H33NO3/c1-13-6-7-19(15(3)8-13)25-21(27)12-18-11-20(26)23(24(18)28)22-16(4)9-14(2)10-17(22)5/h9-10,13,15,18-19,23H,6-8,11-12H2,1-5H3,(H,25,27). The lowest BCUT2D eigenvalue weighted by atomic mass is 9.80. The molecule has 0 heterocycles. The number of benzene rings is 1. The summed E-state index contributed by atoms with van der Waals surface area (Å²) in [6.45, 7) is 10.4. The Kier molecular flexibility index (Phi) is 6.07. The normalized spacial score (nSPS) is 30.5. The molecule has 2 saturated carbocycles. The smallest absolute Gasteiger partial charge is 0.220 e. The molecule has 0 saturated heterocycles. The monoisotopic (exact) mass is 383 g/mol. The summed E-state index contributed by atoms with van der Waals surface area (Å²) in [6, 6.07) is 4.23. The summed E-state index contributed by atoms with van der Waals surface area (Å²) in [5, 5.41) is 3.13. The number of carbonyl (C=O) groups excluding carboxylic acids is 3. The number of aryl methyl sites for hydroxylation is 3. The van der Waals surface area contributed by atoms with Gasteiger partial charge in [-0.05, 0) is 68.6 Å². The van der Waals surface area contributed by atoms with Gasteiger partial charge in [0, 0.05) is 24.8 Å². The third kappa shape index (κ3) is 4.21. The molecule has 1 aromatic carbocycles. The van der Waals surface area contributed by atoms with Crippen molar-refractivity contribution in [3.05, 3.63) is 34.4 Å². The molecule has 1 amide bonds. The van der Waals surface area contributed by atoms with E-state index < -0.39 is 11.8 Å². The molecule has 2 fully saturated rings. The van der Waals surface area contributed by atoms with E-state index in [2.05, 4.69) is 19.2 Å².